The Kier molecular flexibility index (Phi) is 19.6. The summed E-state index contributed by atoms with van der Waals surface area (Å²) in [5, 5.41) is 59.7. The molecule has 0 unspecified atom stereocenters. The van der Waals surface area contributed by atoms with Gasteiger partial charge < -0.3 is 63.8 Å². The molecule has 0 spiro atoms. The first-order valence-electron chi connectivity index (χ1n) is 22.9. The van der Waals surface area contributed by atoms with Crippen molar-refractivity contribution in [2.24, 2.45) is 17.8 Å². The summed E-state index contributed by atoms with van der Waals surface area (Å²) in [7, 11) is 1.36. The number of ether oxygens (including phenoxy) is 6. The molecule has 3 saturated heterocycles. The van der Waals surface area contributed by atoms with Crippen molar-refractivity contribution in [3.63, 3.8) is 0 Å². The van der Waals surface area contributed by atoms with Crippen molar-refractivity contribution < 1.29 is 67.2 Å². The third-order valence-electron chi connectivity index (χ3n) is 14.2. The zero-order chi connectivity index (χ0) is 49.1. The summed E-state index contributed by atoms with van der Waals surface area (Å²) in [4.78, 5) is 18.2. The third-order valence-corrected chi connectivity index (χ3v) is 16.4. The molecule has 3 fully saturated rings. The molecule has 18 atom stereocenters. The minimum Gasteiger partial charge on any atom is -0.459 e. The van der Waals surface area contributed by atoms with E-state index in [0.717, 1.165) is 0 Å². The third kappa shape index (κ3) is 13.5. The highest BCUT2D eigenvalue weighted by Gasteiger charge is 2.53. The molecular formula is C46H78Cl2N2O14S. The molecule has 4 rings (SSSR count). The number of hydrogen-bond donors (Lipinski definition) is 5. The van der Waals surface area contributed by atoms with Gasteiger partial charge in [-0.2, -0.15) is 0 Å². The second kappa shape index (κ2) is 22.7. The predicted molar refractivity (Wildman–Crippen MR) is 246 cm³/mol. The Morgan fingerprint density at radius 3 is 2.14 bits per heavy atom. The van der Waals surface area contributed by atoms with Gasteiger partial charge in [0.1, 0.15) is 30.0 Å². The lowest BCUT2D eigenvalue weighted by Crippen LogP contribution is -2.61. The highest BCUT2D eigenvalue weighted by molar-refractivity contribution is 7.91. The molecular weight excluding hydrogens is 907 g/mol. The minimum absolute atomic E-state index is 0.0237. The number of likely N-dealkylation sites (N-methyl/N-ethyl adjacent to an activating group) is 2. The van der Waals surface area contributed by atoms with Gasteiger partial charge in [-0.05, 0) is 119 Å². The number of cyclic esters (lactones) is 1. The summed E-state index contributed by atoms with van der Waals surface area (Å²) < 4.78 is 64.4. The van der Waals surface area contributed by atoms with E-state index in [2.05, 4.69) is 0 Å². The van der Waals surface area contributed by atoms with E-state index < -0.39 is 118 Å². The SMILES string of the molecule is CC[C@H]1OC(=O)[C@H](C)[C@@H](O[C@H]2C[C@@](C)(OC)[C@@H](O)[C@H](C)O2)[C@H](C)[C@@H](O[C@@H]2O[C@H](C)C[C@H](N(C)CCCS(=O)(=O)c3cc(Cl)cc(Cl)c3)[C@H]2O)[C@](C)(O)C[C@@H](C)CN(C)[C@H](C)[C@@H](O)[C@]1(C)O. The van der Waals surface area contributed by atoms with Crippen LogP contribution in [0.1, 0.15) is 101 Å². The predicted octanol–water partition coefficient (Wildman–Crippen LogP) is 4.44. The van der Waals surface area contributed by atoms with Crippen LogP contribution in [0.2, 0.25) is 10.0 Å². The lowest BCUT2D eigenvalue weighted by molar-refractivity contribution is -0.318. The average molecular weight is 986 g/mol. The van der Waals surface area contributed by atoms with Crippen LogP contribution in [0, 0.1) is 17.8 Å². The minimum atomic E-state index is -3.73. The molecule has 376 valence electrons. The average Bonchev–Trinajstić information content (AvgIpc) is 3.21. The maximum atomic E-state index is 14.4. The first kappa shape index (κ1) is 56.3. The van der Waals surface area contributed by atoms with Gasteiger partial charge in [0, 0.05) is 48.1 Å². The van der Waals surface area contributed by atoms with E-state index in [0.29, 0.717) is 19.5 Å². The molecule has 16 nitrogen and oxygen atoms in total. The van der Waals surface area contributed by atoms with E-state index in [1.54, 1.807) is 55.5 Å². The Morgan fingerprint density at radius 1 is 0.938 bits per heavy atom. The van der Waals surface area contributed by atoms with Crippen molar-refractivity contribution >= 4 is 39.0 Å². The fourth-order valence-electron chi connectivity index (χ4n) is 10.2. The second-order valence-corrected chi connectivity index (χ2v) is 22.9. The first-order chi connectivity index (χ1) is 30.0. The van der Waals surface area contributed by atoms with Crippen molar-refractivity contribution in [1.29, 1.82) is 0 Å². The summed E-state index contributed by atoms with van der Waals surface area (Å²) in [6.07, 6.45) is -9.48. The Labute approximate surface area is 397 Å². The molecule has 0 aromatic heterocycles. The van der Waals surface area contributed by atoms with E-state index in [4.69, 9.17) is 51.6 Å². The molecule has 0 saturated carbocycles. The fourth-order valence-corrected chi connectivity index (χ4v) is 12.2. The molecule has 0 radical (unpaired) electrons. The number of methoxy groups -OCH3 is 1. The number of aliphatic hydroxyl groups excluding tert-OH is 3. The van der Waals surface area contributed by atoms with Crippen LogP contribution in [0.5, 0.6) is 0 Å². The highest BCUT2D eigenvalue weighted by atomic mass is 35.5. The molecule has 19 heteroatoms. The van der Waals surface area contributed by atoms with Gasteiger partial charge in [0.2, 0.25) is 0 Å². The fraction of sp³-hybridized carbons (Fsp3) is 0.848. The summed E-state index contributed by atoms with van der Waals surface area (Å²) in [5.41, 5.74) is -4.61. The quantitative estimate of drug-likeness (QED) is 0.183. The van der Waals surface area contributed by atoms with Gasteiger partial charge in [-0.1, -0.05) is 44.0 Å². The van der Waals surface area contributed by atoms with Crippen LogP contribution < -0.4 is 0 Å². The molecule has 3 aliphatic rings. The number of halogens is 2. The standard InChI is InChI=1S/C46H78Cl2N2O14S/c1-14-35-46(10,56)39(52)29(6)50(12)24-25(2)22-44(8,55)41(27(4)38(28(5)42(54)62-35)63-36-23-45(9,59-13)40(53)30(7)61-36)64-43-37(51)34(18-26(3)60-43)49(11)16-15-17-65(57,58)33-20-31(47)19-32(48)21-33/h19-21,25-30,34-41,43,51-53,55-56H,14-18,22-24H2,1-13H3/t25-,26-,27+,28-,29-,30+,34+,35-,36+,37-,38+,39-,40+,41-,43+,44-,45-,46-/m1/s1. The van der Waals surface area contributed by atoms with Crippen molar-refractivity contribution in [2.45, 2.75) is 197 Å². The van der Waals surface area contributed by atoms with Gasteiger partial charge in [0.25, 0.3) is 0 Å². The Bertz CT molecular complexity index is 1810. The van der Waals surface area contributed by atoms with E-state index in [1.165, 1.54) is 32.2 Å². The Morgan fingerprint density at radius 2 is 1.55 bits per heavy atom. The molecule has 0 amide bonds. The number of rotatable bonds is 12. The van der Waals surface area contributed by atoms with Gasteiger partial charge >= 0.3 is 5.97 Å². The summed E-state index contributed by atoms with van der Waals surface area (Å²) >= 11 is 12.2. The summed E-state index contributed by atoms with van der Waals surface area (Å²) in [6, 6.07) is 3.04. The number of esters is 1. The molecule has 3 heterocycles. The number of carbonyl (C=O) groups excluding carboxylic acids is 1. The zero-order valence-corrected chi connectivity index (χ0v) is 42.8. The maximum absolute atomic E-state index is 14.4. The molecule has 1 aromatic carbocycles. The van der Waals surface area contributed by atoms with Gasteiger partial charge in [-0.25, -0.2) is 8.42 Å². The summed E-state index contributed by atoms with van der Waals surface area (Å²) in [6.45, 7) is 17.9. The van der Waals surface area contributed by atoms with Crippen LogP contribution in [-0.2, 0) is 43.1 Å². The summed E-state index contributed by atoms with van der Waals surface area (Å²) in [5.74, 6) is -3.12. The Balaban J connectivity index is 1.73. The number of carbonyl (C=O) groups is 1. The largest absolute Gasteiger partial charge is 0.459 e. The maximum Gasteiger partial charge on any atom is 0.311 e. The van der Waals surface area contributed by atoms with Gasteiger partial charge in [0.15, 0.2) is 22.4 Å². The van der Waals surface area contributed by atoms with Crippen molar-refractivity contribution in [3.05, 3.63) is 28.2 Å². The molecule has 3 aliphatic heterocycles. The molecule has 0 aliphatic carbocycles. The monoisotopic (exact) mass is 984 g/mol. The number of nitrogens with zero attached hydrogens (tertiary/aromatic N) is 2. The second-order valence-electron chi connectivity index (χ2n) is 20.0. The number of sulfone groups is 1. The molecule has 5 N–H and O–H groups in total. The van der Waals surface area contributed by atoms with Crippen LogP contribution in [0.4, 0.5) is 0 Å². The van der Waals surface area contributed by atoms with E-state index in [9.17, 15) is 38.7 Å². The molecule has 1 aromatic rings. The van der Waals surface area contributed by atoms with Gasteiger partial charge in [0.05, 0.1) is 52.2 Å². The lowest BCUT2D eigenvalue weighted by Gasteiger charge is -2.49. The number of aliphatic hydroxyl groups is 5. The van der Waals surface area contributed by atoms with E-state index in [-0.39, 0.29) is 52.3 Å². The van der Waals surface area contributed by atoms with E-state index >= 15 is 0 Å². The van der Waals surface area contributed by atoms with Crippen molar-refractivity contribution in [2.75, 3.05) is 40.0 Å². The first-order valence-corrected chi connectivity index (χ1v) is 25.4. The number of hydrogen-bond acceptors (Lipinski definition) is 16. The van der Waals surface area contributed by atoms with Gasteiger partial charge in [-0.15, -0.1) is 0 Å². The number of benzene rings is 1. The van der Waals surface area contributed by atoms with Crippen LogP contribution in [0.15, 0.2) is 23.1 Å². The van der Waals surface area contributed by atoms with Crippen LogP contribution in [0.25, 0.3) is 0 Å². The molecule has 0 bridgehead atoms. The van der Waals surface area contributed by atoms with Crippen molar-refractivity contribution in [1.82, 2.24) is 9.80 Å². The van der Waals surface area contributed by atoms with Crippen molar-refractivity contribution in [3.8, 4) is 0 Å². The topological polar surface area (TPSA) is 214 Å². The van der Waals surface area contributed by atoms with Crippen LogP contribution >= 0.6 is 23.2 Å². The van der Waals surface area contributed by atoms with E-state index in [1.807, 2.05) is 30.7 Å². The van der Waals surface area contributed by atoms with Gasteiger partial charge in [-0.3, -0.25) is 4.79 Å². The Hall–Kier alpha value is -1.26. The smallest absolute Gasteiger partial charge is 0.311 e. The zero-order valence-electron chi connectivity index (χ0n) is 40.5. The molecule has 65 heavy (non-hydrogen) atoms. The normalized spacial score (nSPS) is 42.3. The highest BCUT2D eigenvalue weighted by Crippen LogP contribution is 2.40. The lowest BCUT2D eigenvalue weighted by atomic mass is 9.77. The van der Waals surface area contributed by atoms with Crippen LogP contribution in [0.3, 0.4) is 0 Å². The van der Waals surface area contributed by atoms with Crippen LogP contribution in [-0.4, -0.2) is 180 Å².